The van der Waals surface area contributed by atoms with Crippen molar-refractivity contribution < 1.29 is 19.1 Å². The molecule has 0 aliphatic carbocycles. The smallest absolute Gasteiger partial charge is 0.248 e. The molecule has 1 aromatic carbocycles. The largest absolute Gasteiger partial charge is 0.365 e. The summed E-state index contributed by atoms with van der Waals surface area (Å²) in [5, 5.41) is 0.497. The summed E-state index contributed by atoms with van der Waals surface area (Å²) in [5.74, 6) is -0.622. The van der Waals surface area contributed by atoms with Crippen LogP contribution in [-0.2, 0) is 19.1 Å². The number of benzene rings is 1. The van der Waals surface area contributed by atoms with E-state index in [1.807, 2.05) is 6.07 Å². The first-order valence-electron chi connectivity index (χ1n) is 8.52. The maximum Gasteiger partial charge on any atom is 0.248 e. The average molecular weight is 380 g/mol. The normalized spacial score (nSPS) is 20.3. The van der Waals surface area contributed by atoms with Crippen molar-refractivity contribution in [3.63, 3.8) is 0 Å². The van der Waals surface area contributed by atoms with Crippen molar-refractivity contribution >= 4 is 35.0 Å². The summed E-state index contributed by atoms with van der Waals surface area (Å²) in [6, 6.07) is 7.13. The Labute approximate surface area is 157 Å². The van der Waals surface area contributed by atoms with Crippen LogP contribution in [0.2, 0.25) is 5.02 Å². The quantitative estimate of drug-likeness (QED) is 0.765. The van der Waals surface area contributed by atoms with Crippen LogP contribution in [0.3, 0.4) is 0 Å². The van der Waals surface area contributed by atoms with Crippen molar-refractivity contribution in [1.82, 2.24) is 9.80 Å². The maximum atomic E-state index is 12.6. The molecule has 7 nitrogen and oxygen atoms in total. The standard InChI is InChI=1S/C18H22ClN3O4/c1-20(2)17(24)11-26-13-9-21(10-13)18(25)12-7-16(23)22(8-12)15-6-4-3-5-14(15)19/h3-6,12-13H,7-11H2,1-2H3. The third-order valence-electron chi connectivity index (χ3n) is 4.72. The van der Waals surface area contributed by atoms with Crippen LogP contribution < -0.4 is 4.90 Å². The van der Waals surface area contributed by atoms with E-state index in [2.05, 4.69) is 0 Å². The molecule has 0 radical (unpaired) electrons. The van der Waals surface area contributed by atoms with E-state index >= 15 is 0 Å². The van der Waals surface area contributed by atoms with Crippen LogP contribution in [0.4, 0.5) is 5.69 Å². The second-order valence-electron chi connectivity index (χ2n) is 6.82. The summed E-state index contributed by atoms with van der Waals surface area (Å²) in [6.45, 7) is 1.26. The Hall–Kier alpha value is -2.12. The molecule has 2 fully saturated rings. The monoisotopic (exact) mass is 379 g/mol. The van der Waals surface area contributed by atoms with Crippen LogP contribution >= 0.6 is 11.6 Å². The van der Waals surface area contributed by atoms with Gasteiger partial charge in [0.15, 0.2) is 0 Å². The molecular formula is C18H22ClN3O4. The van der Waals surface area contributed by atoms with E-state index in [0.717, 1.165) is 0 Å². The van der Waals surface area contributed by atoms with Crippen LogP contribution in [0.5, 0.6) is 0 Å². The Bertz CT molecular complexity index is 718. The molecule has 0 saturated carbocycles. The zero-order valence-electron chi connectivity index (χ0n) is 14.9. The third-order valence-corrected chi connectivity index (χ3v) is 5.04. The average Bonchev–Trinajstić information content (AvgIpc) is 2.95. The number of amides is 3. The number of nitrogens with zero attached hydrogens (tertiary/aromatic N) is 3. The number of ether oxygens (including phenoxy) is 1. The van der Waals surface area contributed by atoms with Gasteiger partial charge in [0.05, 0.1) is 22.7 Å². The van der Waals surface area contributed by atoms with E-state index < -0.39 is 0 Å². The molecule has 140 valence electrons. The highest BCUT2D eigenvalue weighted by Gasteiger charge is 2.41. The van der Waals surface area contributed by atoms with Gasteiger partial charge in [-0.15, -0.1) is 0 Å². The molecule has 0 spiro atoms. The Morgan fingerprint density at radius 3 is 2.58 bits per heavy atom. The van der Waals surface area contributed by atoms with Crippen molar-refractivity contribution in [3.05, 3.63) is 29.3 Å². The first-order valence-corrected chi connectivity index (χ1v) is 8.90. The molecule has 26 heavy (non-hydrogen) atoms. The predicted molar refractivity (Wildman–Crippen MR) is 96.9 cm³/mol. The summed E-state index contributed by atoms with van der Waals surface area (Å²) in [7, 11) is 3.34. The minimum atomic E-state index is -0.372. The third kappa shape index (κ3) is 3.83. The van der Waals surface area contributed by atoms with E-state index in [1.54, 1.807) is 42.1 Å². The van der Waals surface area contributed by atoms with E-state index in [-0.39, 0.29) is 42.8 Å². The lowest BCUT2D eigenvalue weighted by atomic mass is 10.0. The van der Waals surface area contributed by atoms with Crippen LogP contribution in [0.25, 0.3) is 0 Å². The summed E-state index contributed by atoms with van der Waals surface area (Å²) in [6.07, 6.45) is 0.0604. The number of hydrogen-bond acceptors (Lipinski definition) is 4. The summed E-state index contributed by atoms with van der Waals surface area (Å²) in [5.41, 5.74) is 0.640. The molecule has 0 N–H and O–H groups in total. The van der Waals surface area contributed by atoms with E-state index in [1.165, 1.54) is 4.90 Å². The van der Waals surface area contributed by atoms with Gasteiger partial charge in [0.25, 0.3) is 0 Å². The van der Waals surface area contributed by atoms with Crippen molar-refractivity contribution in [1.29, 1.82) is 0 Å². The van der Waals surface area contributed by atoms with E-state index in [0.29, 0.717) is 30.3 Å². The number of anilines is 1. The molecule has 1 aromatic rings. The van der Waals surface area contributed by atoms with Gasteiger partial charge in [-0.2, -0.15) is 0 Å². The number of hydrogen-bond donors (Lipinski definition) is 0. The first-order chi connectivity index (χ1) is 12.4. The predicted octanol–water partition coefficient (Wildman–Crippen LogP) is 1.01. The molecule has 3 amide bonds. The fourth-order valence-corrected chi connectivity index (χ4v) is 3.31. The number of rotatable bonds is 5. The van der Waals surface area contributed by atoms with Gasteiger partial charge in [-0.05, 0) is 12.1 Å². The second-order valence-corrected chi connectivity index (χ2v) is 7.23. The van der Waals surface area contributed by atoms with E-state index in [4.69, 9.17) is 16.3 Å². The Morgan fingerprint density at radius 1 is 1.23 bits per heavy atom. The fraction of sp³-hybridized carbons (Fsp3) is 0.500. The topological polar surface area (TPSA) is 70.2 Å². The van der Waals surface area contributed by atoms with Gasteiger partial charge < -0.3 is 19.4 Å². The van der Waals surface area contributed by atoms with Crippen molar-refractivity contribution in [2.24, 2.45) is 5.92 Å². The van der Waals surface area contributed by atoms with Crippen molar-refractivity contribution in [2.45, 2.75) is 12.5 Å². The van der Waals surface area contributed by atoms with Gasteiger partial charge in [0.1, 0.15) is 6.61 Å². The van der Waals surface area contributed by atoms with Crippen LogP contribution in [0.1, 0.15) is 6.42 Å². The van der Waals surface area contributed by atoms with Crippen LogP contribution in [0.15, 0.2) is 24.3 Å². The van der Waals surface area contributed by atoms with Gasteiger partial charge in [0.2, 0.25) is 17.7 Å². The van der Waals surface area contributed by atoms with Gasteiger partial charge in [-0.3, -0.25) is 14.4 Å². The number of likely N-dealkylation sites (N-methyl/N-ethyl adjacent to an activating group) is 1. The van der Waals surface area contributed by atoms with Crippen LogP contribution in [0, 0.1) is 5.92 Å². The zero-order valence-corrected chi connectivity index (χ0v) is 15.6. The summed E-state index contributed by atoms with van der Waals surface area (Å²) in [4.78, 5) is 41.2. The SMILES string of the molecule is CN(C)C(=O)COC1CN(C(=O)C2CC(=O)N(c3ccccc3Cl)C2)C1. The highest BCUT2D eigenvalue weighted by molar-refractivity contribution is 6.33. The van der Waals surface area contributed by atoms with Crippen molar-refractivity contribution in [3.8, 4) is 0 Å². The summed E-state index contributed by atoms with van der Waals surface area (Å²) < 4.78 is 5.49. The number of para-hydroxylation sites is 1. The molecule has 2 heterocycles. The molecule has 1 atom stereocenters. The molecule has 2 saturated heterocycles. The van der Waals surface area contributed by atoms with Crippen molar-refractivity contribution in [2.75, 3.05) is 45.2 Å². The van der Waals surface area contributed by atoms with Gasteiger partial charge in [-0.25, -0.2) is 0 Å². The number of halogens is 1. The number of likely N-dealkylation sites (tertiary alicyclic amines) is 1. The minimum Gasteiger partial charge on any atom is -0.365 e. The highest BCUT2D eigenvalue weighted by atomic mass is 35.5. The molecule has 8 heteroatoms. The summed E-state index contributed by atoms with van der Waals surface area (Å²) >= 11 is 6.16. The lowest BCUT2D eigenvalue weighted by molar-refractivity contribution is -0.153. The van der Waals surface area contributed by atoms with Gasteiger partial charge >= 0.3 is 0 Å². The molecule has 2 aliphatic heterocycles. The Kier molecular flexibility index (Phi) is 5.48. The molecular weight excluding hydrogens is 358 g/mol. The first kappa shape index (κ1) is 18.7. The van der Waals surface area contributed by atoms with Gasteiger partial charge in [0, 0.05) is 40.2 Å². The molecule has 0 aromatic heterocycles. The molecule has 0 bridgehead atoms. The number of carbonyl (C=O) groups is 3. The molecule has 3 rings (SSSR count). The maximum absolute atomic E-state index is 12.6. The number of carbonyl (C=O) groups excluding carboxylic acids is 3. The Morgan fingerprint density at radius 2 is 1.92 bits per heavy atom. The zero-order chi connectivity index (χ0) is 18.8. The highest BCUT2D eigenvalue weighted by Crippen LogP contribution is 2.32. The van der Waals surface area contributed by atoms with Gasteiger partial charge in [-0.1, -0.05) is 23.7 Å². The minimum absolute atomic E-state index is 0.0158. The fourth-order valence-electron chi connectivity index (χ4n) is 3.08. The van der Waals surface area contributed by atoms with Crippen LogP contribution in [-0.4, -0.2) is 74.0 Å². The lowest BCUT2D eigenvalue weighted by Gasteiger charge is -2.40. The lowest BCUT2D eigenvalue weighted by Crippen LogP contribution is -2.57. The van der Waals surface area contributed by atoms with E-state index in [9.17, 15) is 14.4 Å². The molecule has 2 aliphatic rings. The molecule has 1 unspecified atom stereocenters. The second kappa shape index (κ2) is 7.63. The Balaban J connectivity index is 1.51.